The van der Waals surface area contributed by atoms with E-state index in [1.54, 1.807) is 24.3 Å². The number of pyridine rings is 1. The van der Waals surface area contributed by atoms with E-state index in [9.17, 15) is 0 Å². The second-order valence-corrected chi connectivity index (χ2v) is 3.74. The third kappa shape index (κ3) is 2.65. The van der Waals surface area contributed by atoms with Gasteiger partial charge in [-0.3, -0.25) is 4.98 Å². The normalized spacial score (nSPS) is 9.65. The largest absolute Gasteiger partial charge is 0.454 e. The smallest absolute Gasteiger partial charge is 0.147 e. The van der Waals surface area contributed by atoms with Gasteiger partial charge in [0.1, 0.15) is 17.6 Å². The molecule has 0 radical (unpaired) electrons. The molecule has 1 heterocycles. The van der Waals surface area contributed by atoms with Crippen LogP contribution < -0.4 is 10.5 Å². The summed E-state index contributed by atoms with van der Waals surface area (Å²) in [5, 5.41) is 9.42. The van der Waals surface area contributed by atoms with Crippen LogP contribution in [0.3, 0.4) is 0 Å². The summed E-state index contributed by atoms with van der Waals surface area (Å²) in [5.41, 5.74) is 6.46. The van der Waals surface area contributed by atoms with Gasteiger partial charge in [0.25, 0.3) is 0 Å². The Morgan fingerprint density at radius 3 is 2.82 bits per heavy atom. The van der Waals surface area contributed by atoms with Gasteiger partial charge in [-0.2, -0.15) is 5.26 Å². The molecule has 0 atom stereocenters. The average Bonchev–Trinajstić information content (AvgIpc) is 2.31. The summed E-state index contributed by atoms with van der Waals surface area (Å²) in [5.74, 6) is 0.893. The van der Waals surface area contributed by atoms with Crippen LogP contribution in [0.4, 0.5) is 5.69 Å². The number of halogens is 1. The topological polar surface area (TPSA) is 71.9 Å². The number of nitrogens with zero attached hydrogens (tertiary/aromatic N) is 2. The Morgan fingerprint density at radius 2 is 2.12 bits per heavy atom. The van der Waals surface area contributed by atoms with Crippen LogP contribution >= 0.6 is 11.6 Å². The molecule has 0 aliphatic heterocycles. The van der Waals surface area contributed by atoms with E-state index in [1.807, 2.05) is 6.07 Å². The van der Waals surface area contributed by atoms with Gasteiger partial charge >= 0.3 is 0 Å². The predicted octanol–water partition coefficient (Wildman–Crippen LogP) is 2.98. The van der Waals surface area contributed by atoms with Crippen molar-refractivity contribution < 1.29 is 4.74 Å². The van der Waals surface area contributed by atoms with E-state index in [0.717, 1.165) is 0 Å². The highest BCUT2D eigenvalue weighted by molar-refractivity contribution is 6.30. The van der Waals surface area contributed by atoms with Crippen LogP contribution in [0.1, 0.15) is 5.56 Å². The van der Waals surface area contributed by atoms with Crippen molar-refractivity contribution in [2.75, 3.05) is 5.73 Å². The van der Waals surface area contributed by atoms with Crippen molar-refractivity contribution in [1.82, 2.24) is 4.98 Å². The van der Waals surface area contributed by atoms with Crippen LogP contribution in [-0.4, -0.2) is 4.98 Å². The number of rotatable bonds is 2. The van der Waals surface area contributed by atoms with Gasteiger partial charge in [-0.25, -0.2) is 0 Å². The lowest BCUT2D eigenvalue weighted by atomic mass is 10.2. The Hall–Kier alpha value is -2.25. The molecule has 5 heteroatoms. The van der Waals surface area contributed by atoms with Crippen LogP contribution in [-0.2, 0) is 0 Å². The average molecular weight is 246 g/mol. The molecule has 0 aliphatic rings. The SMILES string of the molecule is N#Cc1cc(N)ccc1Oc1cncc(Cl)c1. The summed E-state index contributed by atoms with van der Waals surface area (Å²) in [7, 11) is 0. The monoisotopic (exact) mass is 245 g/mol. The number of nitrogens with two attached hydrogens (primary N) is 1. The third-order valence-electron chi connectivity index (χ3n) is 2.03. The van der Waals surface area contributed by atoms with Crippen LogP contribution in [0.15, 0.2) is 36.7 Å². The van der Waals surface area contributed by atoms with E-state index in [0.29, 0.717) is 27.8 Å². The molecule has 0 saturated heterocycles. The molecular formula is C12H8ClN3O. The Kier molecular flexibility index (Phi) is 3.12. The van der Waals surface area contributed by atoms with Crippen LogP contribution in [0, 0.1) is 11.3 Å². The van der Waals surface area contributed by atoms with Crippen molar-refractivity contribution in [3.8, 4) is 17.6 Å². The summed E-state index contributed by atoms with van der Waals surface area (Å²) in [6, 6.07) is 8.47. The molecule has 0 saturated carbocycles. The number of nitriles is 1. The van der Waals surface area contributed by atoms with E-state index in [2.05, 4.69) is 4.98 Å². The van der Waals surface area contributed by atoms with E-state index in [4.69, 9.17) is 27.3 Å². The van der Waals surface area contributed by atoms with Crippen molar-refractivity contribution in [1.29, 1.82) is 5.26 Å². The van der Waals surface area contributed by atoms with Gasteiger partial charge in [-0.05, 0) is 18.2 Å². The van der Waals surface area contributed by atoms with E-state index >= 15 is 0 Å². The molecule has 0 amide bonds. The molecule has 2 N–H and O–H groups in total. The maximum atomic E-state index is 8.95. The quantitative estimate of drug-likeness (QED) is 0.826. The molecule has 2 aromatic rings. The highest BCUT2D eigenvalue weighted by Gasteiger charge is 2.05. The highest BCUT2D eigenvalue weighted by Crippen LogP contribution is 2.27. The summed E-state index contributed by atoms with van der Waals surface area (Å²) in [6.07, 6.45) is 3.02. The van der Waals surface area contributed by atoms with Gasteiger partial charge in [0.05, 0.1) is 16.8 Å². The standard InChI is InChI=1S/C12H8ClN3O/c13-9-4-11(7-16-6-9)17-12-2-1-10(15)3-8(12)5-14/h1-4,6-7H,15H2. The first-order valence-electron chi connectivity index (χ1n) is 4.77. The Bertz CT molecular complexity index is 593. The number of ether oxygens (including phenoxy) is 1. The molecular weight excluding hydrogens is 238 g/mol. The summed E-state index contributed by atoms with van der Waals surface area (Å²) < 4.78 is 5.51. The molecule has 1 aromatic heterocycles. The molecule has 0 aliphatic carbocycles. The fourth-order valence-electron chi connectivity index (χ4n) is 1.30. The summed E-state index contributed by atoms with van der Waals surface area (Å²) in [6.45, 7) is 0. The molecule has 2 rings (SSSR count). The second kappa shape index (κ2) is 4.73. The summed E-state index contributed by atoms with van der Waals surface area (Å²) >= 11 is 5.78. The molecule has 0 fully saturated rings. The Morgan fingerprint density at radius 1 is 1.29 bits per heavy atom. The first kappa shape index (κ1) is 11.2. The highest BCUT2D eigenvalue weighted by atomic mass is 35.5. The molecule has 4 nitrogen and oxygen atoms in total. The molecule has 0 unspecified atom stereocenters. The maximum absolute atomic E-state index is 8.95. The molecule has 17 heavy (non-hydrogen) atoms. The fourth-order valence-corrected chi connectivity index (χ4v) is 1.46. The predicted molar refractivity (Wildman–Crippen MR) is 64.9 cm³/mol. The first-order valence-corrected chi connectivity index (χ1v) is 5.15. The Labute approximate surface area is 103 Å². The van der Waals surface area contributed by atoms with E-state index in [-0.39, 0.29) is 0 Å². The van der Waals surface area contributed by atoms with E-state index in [1.165, 1.54) is 12.4 Å². The van der Waals surface area contributed by atoms with Gasteiger partial charge in [0.2, 0.25) is 0 Å². The zero-order valence-electron chi connectivity index (χ0n) is 8.72. The minimum absolute atomic E-state index is 0.366. The van der Waals surface area contributed by atoms with Gasteiger partial charge in [0.15, 0.2) is 0 Å². The van der Waals surface area contributed by atoms with Gasteiger partial charge < -0.3 is 10.5 Å². The number of anilines is 1. The van der Waals surface area contributed by atoms with Crippen molar-refractivity contribution >= 4 is 17.3 Å². The van der Waals surface area contributed by atoms with Crippen LogP contribution in [0.2, 0.25) is 5.02 Å². The second-order valence-electron chi connectivity index (χ2n) is 3.31. The van der Waals surface area contributed by atoms with Crippen molar-refractivity contribution in [2.24, 2.45) is 0 Å². The lowest BCUT2D eigenvalue weighted by Crippen LogP contribution is -1.91. The van der Waals surface area contributed by atoms with Gasteiger partial charge in [-0.15, -0.1) is 0 Å². The zero-order valence-corrected chi connectivity index (χ0v) is 9.48. The number of nitrogen functional groups attached to an aromatic ring is 1. The van der Waals surface area contributed by atoms with Gasteiger partial charge in [0, 0.05) is 18.0 Å². The van der Waals surface area contributed by atoms with Crippen molar-refractivity contribution in [3.05, 3.63) is 47.2 Å². The first-order chi connectivity index (χ1) is 8.19. The molecule has 84 valence electrons. The maximum Gasteiger partial charge on any atom is 0.147 e. The minimum atomic E-state index is 0.366. The molecule has 0 bridgehead atoms. The van der Waals surface area contributed by atoms with E-state index < -0.39 is 0 Å². The molecule has 0 spiro atoms. The number of hydrogen-bond acceptors (Lipinski definition) is 4. The minimum Gasteiger partial charge on any atom is -0.454 e. The summed E-state index contributed by atoms with van der Waals surface area (Å²) in [4.78, 5) is 3.89. The van der Waals surface area contributed by atoms with Gasteiger partial charge in [-0.1, -0.05) is 11.6 Å². The fraction of sp³-hybridized carbons (Fsp3) is 0. The number of aromatic nitrogens is 1. The molecule has 1 aromatic carbocycles. The number of benzene rings is 1. The zero-order chi connectivity index (χ0) is 12.3. The van der Waals surface area contributed by atoms with Crippen molar-refractivity contribution in [2.45, 2.75) is 0 Å². The number of hydrogen-bond donors (Lipinski definition) is 1. The van der Waals surface area contributed by atoms with Crippen molar-refractivity contribution in [3.63, 3.8) is 0 Å². The lowest BCUT2D eigenvalue weighted by molar-refractivity contribution is 0.479. The van der Waals surface area contributed by atoms with Crippen LogP contribution in [0.25, 0.3) is 0 Å². The van der Waals surface area contributed by atoms with Crippen LogP contribution in [0.5, 0.6) is 11.5 Å². The Balaban J connectivity index is 2.34. The lowest BCUT2D eigenvalue weighted by Gasteiger charge is -2.07. The third-order valence-corrected chi connectivity index (χ3v) is 2.24.